The molecule has 0 heterocycles. The summed E-state index contributed by atoms with van der Waals surface area (Å²) in [5, 5.41) is 16.8. The molecule has 0 saturated carbocycles. The molecule has 0 aliphatic rings. The Labute approximate surface area is 174 Å². The zero-order chi connectivity index (χ0) is 20.1. The highest BCUT2D eigenvalue weighted by Crippen LogP contribution is 2.29. The van der Waals surface area contributed by atoms with E-state index in [0.29, 0.717) is 12.8 Å². The molecule has 0 aromatic heterocycles. The van der Waals surface area contributed by atoms with Gasteiger partial charge in [0.05, 0.1) is 0 Å². The molecular weight excluding hydrogens is 430 g/mol. The number of rotatable bonds is 15. The summed E-state index contributed by atoms with van der Waals surface area (Å²) in [6.07, 6.45) is 6.00. The Bertz CT molecular complexity index is 380. The first-order valence-electron chi connectivity index (χ1n) is 8.51. The number of halogens is 4. The van der Waals surface area contributed by atoms with Crippen LogP contribution in [0, 0.1) is 0 Å². The molecule has 0 rings (SSSR count). The normalized spacial score (nSPS) is 12.0. The molecule has 0 saturated heterocycles. The maximum Gasteiger partial charge on any atom is 0.505 e. The number of hydrogen-bond acceptors (Lipinski definition) is 4. The van der Waals surface area contributed by atoms with E-state index in [0.717, 1.165) is 51.4 Å². The van der Waals surface area contributed by atoms with Gasteiger partial charge in [-0.05, 0) is 12.8 Å². The van der Waals surface area contributed by atoms with E-state index in [-0.39, 0.29) is 13.2 Å². The molecule has 0 spiro atoms. The second-order valence-electron chi connectivity index (χ2n) is 6.15. The Morgan fingerprint density at radius 3 is 1.15 bits per heavy atom. The van der Waals surface area contributed by atoms with Crippen molar-refractivity contribution in [2.45, 2.75) is 72.9 Å². The van der Waals surface area contributed by atoms with E-state index in [9.17, 15) is 9.59 Å². The standard InChI is InChI=1S/C16H26Cl4O6/c17-15(18,11-25-13(21)22)9-7-5-3-1-2-4-6-8-10-16(19,20)12-26-14(23)24/h1-12H2,(H,21,22)(H,23,24). The summed E-state index contributed by atoms with van der Waals surface area (Å²) >= 11 is 23.9. The average molecular weight is 456 g/mol. The Morgan fingerprint density at radius 2 is 0.885 bits per heavy atom. The van der Waals surface area contributed by atoms with E-state index >= 15 is 0 Å². The van der Waals surface area contributed by atoms with Gasteiger partial charge in [0.1, 0.15) is 13.2 Å². The number of carboxylic acid groups (broad SMARTS) is 2. The molecule has 10 heteroatoms. The van der Waals surface area contributed by atoms with Crippen molar-refractivity contribution in [3.8, 4) is 0 Å². The molecule has 0 radical (unpaired) electrons. The summed E-state index contributed by atoms with van der Waals surface area (Å²) < 4.78 is 6.44. The molecule has 26 heavy (non-hydrogen) atoms. The van der Waals surface area contributed by atoms with Gasteiger partial charge in [-0.25, -0.2) is 9.59 Å². The van der Waals surface area contributed by atoms with E-state index in [2.05, 4.69) is 9.47 Å². The lowest BCUT2D eigenvalue weighted by molar-refractivity contribution is 0.0865. The second kappa shape index (κ2) is 13.8. The molecular formula is C16H26Cl4O6. The highest BCUT2D eigenvalue weighted by atomic mass is 35.5. The van der Waals surface area contributed by atoms with Crippen LogP contribution in [0.2, 0.25) is 0 Å². The molecule has 2 N–H and O–H groups in total. The van der Waals surface area contributed by atoms with Crippen LogP contribution in [0.5, 0.6) is 0 Å². The minimum absolute atomic E-state index is 0.231. The summed E-state index contributed by atoms with van der Waals surface area (Å²) in [4.78, 5) is 20.6. The van der Waals surface area contributed by atoms with E-state index in [1.165, 1.54) is 0 Å². The first kappa shape index (κ1) is 25.7. The number of hydrogen-bond donors (Lipinski definition) is 2. The maximum atomic E-state index is 10.3. The third kappa shape index (κ3) is 17.1. The minimum Gasteiger partial charge on any atom is -0.450 e. The molecule has 0 aromatic rings. The molecule has 0 aromatic carbocycles. The third-order valence-corrected chi connectivity index (χ3v) is 4.84. The molecule has 6 nitrogen and oxygen atoms in total. The molecule has 0 fully saturated rings. The zero-order valence-corrected chi connectivity index (χ0v) is 17.5. The zero-order valence-electron chi connectivity index (χ0n) is 14.5. The van der Waals surface area contributed by atoms with Crippen molar-refractivity contribution in [1.82, 2.24) is 0 Å². The second-order valence-corrected chi connectivity index (χ2v) is 9.43. The lowest BCUT2D eigenvalue weighted by Gasteiger charge is -2.18. The number of ether oxygens (including phenoxy) is 2. The summed E-state index contributed by atoms with van der Waals surface area (Å²) in [5.41, 5.74) is 0. The van der Waals surface area contributed by atoms with Crippen molar-refractivity contribution in [3.63, 3.8) is 0 Å². The predicted octanol–water partition coefficient (Wildman–Crippen LogP) is 6.62. The van der Waals surface area contributed by atoms with E-state index in [4.69, 9.17) is 56.6 Å². The van der Waals surface area contributed by atoms with Gasteiger partial charge in [-0.1, -0.05) is 97.8 Å². The fourth-order valence-corrected chi connectivity index (χ4v) is 3.06. The van der Waals surface area contributed by atoms with Crippen molar-refractivity contribution in [3.05, 3.63) is 0 Å². The summed E-state index contributed by atoms with van der Waals surface area (Å²) in [5.74, 6) is 0. The fourth-order valence-electron chi connectivity index (χ4n) is 2.31. The van der Waals surface area contributed by atoms with Crippen LogP contribution in [0.25, 0.3) is 0 Å². The van der Waals surface area contributed by atoms with Gasteiger partial charge in [0.25, 0.3) is 0 Å². The van der Waals surface area contributed by atoms with Crippen LogP contribution in [0.1, 0.15) is 64.2 Å². The minimum atomic E-state index is -1.38. The number of carbonyl (C=O) groups is 2. The maximum absolute atomic E-state index is 10.3. The predicted molar refractivity (Wildman–Crippen MR) is 103 cm³/mol. The quantitative estimate of drug-likeness (QED) is 0.163. The lowest BCUT2D eigenvalue weighted by atomic mass is 10.0. The molecule has 0 bridgehead atoms. The van der Waals surface area contributed by atoms with Crippen LogP contribution in [-0.4, -0.2) is 44.4 Å². The first-order chi connectivity index (χ1) is 12.0. The van der Waals surface area contributed by atoms with Gasteiger partial charge in [-0.15, -0.1) is 0 Å². The van der Waals surface area contributed by atoms with Crippen molar-refractivity contribution < 1.29 is 29.3 Å². The largest absolute Gasteiger partial charge is 0.505 e. The van der Waals surface area contributed by atoms with Crippen molar-refractivity contribution in [2.24, 2.45) is 0 Å². The van der Waals surface area contributed by atoms with Crippen LogP contribution in [-0.2, 0) is 9.47 Å². The van der Waals surface area contributed by atoms with Crippen LogP contribution in [0.4, 0.5) is 9.59 Å². The monoisotopic (exact) mass is 454 g/mol. The highest BCUT2D eigenvalue weighted by molar-refractivity contribution is 6.49. The molecule has 0 atom stereocenters. The van der Waals surface area contributed by atoms with Gasteiger partial charge in [0.2, 0.25) is 0 Å². The lowest BCUT2D eigenvalue weighted by Crippen LogP contribution is -2.22. The number of alkyl halides is 4. The summed E-state index contributed by atoms with van der Waals surface area (Å²) in [6, 6.07) is 0. The Morgan fingerprint density at radius 1 is 0.615 bits per heavy atom. The SMILES string of the molecule is O=C(O)OCC(Cl)(Cl)CCCCCCCCCCC(Cl)(Cl)COC(=O)O. The van der Waals surface area contributed by atoms with Gasteiger partial charge in [0.15, 0.2) is 8.67 Å². The van der Waals surface area contributed by atoms with Gasteiger partial charge in [-0.3, -0.25) is 0 Å². The third-order valence-electron chi connectivity index (χ3n) is 3.65. The van der Waals surface area contributed by atoms with E-state index in [1.54, 1.807) is 0 Å². The van der Waals surface area contributed by atoms with Crippen LogP contribution in [0.3, 0.4) is 0 Å². The van der Waals surface area contributed by atoms with Gasteiger partial charge in [-0.2, -0.15) is 0 Å². The van der Waals surface area contributed by atoms with Crippen LogP contribution >= 0.6 is 46.4 Å². The molecule has 154 valence electrons. The molecule has 0 amide bonds. The van der Waals surface area contributed by atoms with Crippen molar-refractivity contribution in [2.75, 3.05) is 13.2 Å². The van der Waals surface area contributed by atoms with E-state index in [1.807, 2.05) is 0 Å². The van der Waals surface area contributed by atoms with E-state index < -0.39 is 21.0 Å². The van der Waals surface area contributed by atoms with Gasteiger partial charge in [0, 0.05) is 0 Å². The Kier molecular flexibility index (Phi) is 13.6. The molecule has 0 aliphatic carbocycles. The Hall–Kier alpha value is -0.300. The molecule has 0 aliphatic heterocycles. The fraction of sp³-hybridized carbons (Fsp3) is 0.875. The van der Waals surface area contributed by atoms with Crippen molar-refractivity contribution >= 4 is 58.7 Å². The van der Waals surface area contributed by atoms with Crippen LogP contribution in [0.15, 0.2) is 0 Å². The first-order valence-corrected chi connectivity index (χ1v) is 10.0. The summed E-state index contributed by atoms with van der Waals surface area (Å²) in [6.45, 7) is -0.461. The van der Waals surface area contributed by atoms with Gasteiger partial charge < -0.3 is 19.7 Å². The smallest absolute Gasteiger partial charge is 0.450 e. The summed E-state index contributed by atoms with van der Waals surface area (Å²) in [7, 11) is 0. The Balaban J connectivity index is 3.51. The topological polar surface area (TPSA) is 93.1 Å². The van der Waals surface area contributed by atoms with Crippen molar-refractivity contribution in [1.29, 1.82) is 0 Å². The average Bonchev–Trinajstić information content (AvgIpc) is 2.53. The van der Waals surface area contributed by atoms with Crippen LogP contribution < -0.4 is 0 Å². The van der Waals surface area contributed by atoms with Gasteiger partial charge >= 0.3 is 12.3 Å². The molecule has 0 unspecified atom stereocenters. The highest BCUT2D eigenvalue weighted by Gasteiger charge is 2.26. The number of unbranched alkanes of at least 4 members (excludes halogenated alkanes) is 7.